The minimum absolute atomic E-state index is 0.0382. The number of carbonyl (C=O) groups excluding carboxylic acids is 1. The van der Waals surface area contributed by atoms with Crippen molar-refractivity contribution in [3.8, 4) is 0 Å². The van der Waals surface area contributed by atoms with E-state index in [4.69, 9.17) is 4.74 Å². The number of nitrogens with zero attached hydrogens (tertiary/aromatic N) is 4. The van der Waals surface area contributed by atoms with Crippen LogP contribution in [-0.4, -0.2) is 51.0 Å². The highest BCUT2D eigenvalue weighted by molar-refractivity contribution is 5.74. The fraction of sp³-hybridized carbons (Fsp3) is 0.471. The molecule has 1 aromatic heterocycles. The molecule has 0 spiro atoms. The van der Waals surface area contributed by atoms with Gasteiger partial charge in [0.1, 0.15) is 12.7 Å². The van der Waals surface area contributed by atoms with Gasteiger partial charge in [0.15, 0.2) is 0 Å². The molecule has 2 heterocycles. The SMILES string of the molecule is C[C@H]1CN(C(=O)NCc2ccc(Cn3cncn3)cc2)C[C@H](C)O1. The number of amides is 2. The van der Waals surface area contributed by atoms with Crippen LogP contribution < -0.4 is 5.32 Å². The number of aromatic nitrogens is 3. The Morgan fingerprint density at radius 3 is 2.50 bits per heavy atom. The molecule has 1 fully saturated rings. The number of nitrogens with one attached hydrogen (secondary N) is 1. The summed E-state index contributed by atoms with van der Waals surface area (Å²) in [5.41, 5.74) is 2.21. The molecule has 24 heavy (non-hydrogen) atoms. The summed E-state index contributed by atoms with van der Waals surface area (Å²) >= 11 is 0. The van der Waals surface area contributed by atoms with E-state index in [1.165, 1.54) is 6.33 Å². The largest absolute Gasteiger partial charge is 0.372 e. The van der Waals surface area contributed by atoms with Crippen molar-refractivity contribution in [2.75, 3.05) is 13.1 Å². The molecule has 7 heteroatoms. The van der Waals surface area contributed by atoms with E-state index in [0.29, 0.717) is 26.2 Å². The maximum atomic E-state index is 12.3. The highest BCUT2D eigenvalue weighted by Crippen LogP contribution is 2.11. The lowest BCUT2D eigenvalue weighted by atomic mass is 10.1. The van der Waals surface area contributed by atoms with E-state index in [-0.39, 0.29) is 18.2 Å². The van der Waals surface area contributed by atoms with Gasteiger partial charge in [-0.1, -0.05) is 24.3 Å². The number of hydrogen-bond donors (Lipinski definition) is 1. The second-order valence-electron chi connectivity index (χ2n) is 6.23. The third kappa shape index (κ3) is 4.32. The van der Waals surface area contributed by atoms with Gasteiger partial charge in [-0.25, -0.2) is 14.5 Å². The average Bonchev–Trinajstić information content (AvgIpc) is 3.06. The molecule has 1 aliphatic rings. The number of hydrogen-bond acceptors (Lipinski definition) is 4. The Hall–Kier alpha value is -2.41. The average molecular weight is 329 g/mol. The normalized spacial score (nSPS) is 20.8. The second kappa shape index (κ2) is 7.44. The zero-order valence-corrected chi connectivity index (χ0v) is 14.1. The van der Waals surface area contributed by atoms with E-state index in [1.807, 2.05) is 43.0 Å². The van der Waals surface area contributed by atoms with Crippen LogP contribution in [0.15, 0.2) is 36.9 Å². The van der Waals surface area contributed by atoms with Crippen LogP contribution in [0.3, 0.4) is 0 Å². The van der Waals surface area contributed by atoms with Crippen molar-refractivity contribution in [2.45, 2.75) is 39.1 Å². The van der Waals surface area contributed by atoms with Gasteiger partial charge in [0.05, 0.1) is 18.8 Å². The summed E-state index contributed by atoms with van der Waals surface area (Å²) in [6, 6.07) is 8.10. The van der Waals surface area contributed by atoms with E-state index in [0.717, 1.165) is 11.1 Å². The van der Waals surface area contributed by atoms with Gasteiger partial charge in [-0.2, -0.15) is 5.10 Å². The first-order valence-corrected chi connectivity index (χ1v) is 8.18. The van der Waals surface area contributed by atoms with Crippen LogP contribution >= 0.6 is 0 Å². The second-order valence-corrected chi connectivity index (χ2v) is 6.23. The molecule has 0 aliphatic carbocycles. The fourth-order valence-corrected chi connectivity index (χ4v) is 2.90. The van der Waals surface area contributed by atoms with E-state index in [2.05, 4.69) is 15.4 Å². The molecule has 1 aliphatic heterocycles. The molecule has 7 nitrogen and oxygen atoms in total. The third-order valence-corrected chi connectivity index (χ3v) is 3.98. The molecule has 2 atom stereocenters. The monoisotopic (exact) mass is 329 g/mol. The lowest BCUT2D eigenvalue weighted by molar-refractivity contribution is -0.0545. The molecule has 2 amide bonds. The van der Waals surface area contributed by atoms with Crippen LogP contribution in [0.25, 0.3) is 0 Å². The minimum Gasteiger partial charge on any atom is -0.372 e. The molecule has 3 rings (SSSR count). The predicted octanol–water partition coefficient (Wildman–Crippen LogP) is 1.65. The lowest BCUT2D eigenvalue weighted by Crippen LogP contribution is -2.51. The highest BCUT2D eigenvalue weighted by atomic mass is 16.5. The topological polar surface area (TPSA) is 72.3 Å². The van der Waals surface area contributed by atoms with Crippen molar-refractivity contribution >= 4 is 6.03 Å². The summed E-state index contributed by atoms with van der Waals surface area (Å²) in [7, 11) is 0. The maximum Gasteiger partial charge on any atom is 0.317 e. The molecule has 128 valence electrons. The Kier molecular flexibility index (Phi) is 5.10. The number of rotatable bonds is 4. The number of benzene rings is 1. The molecule has 1 N–H and O–H groups in total. The molecule has 0 unspecified atom stereocenters. The van der Waals surface area contributed by atoms with Gasteiger partial charge in [0.25, 0.3) is 0 Å². The Bertz CT molecular complexity index is 646. The predicted molar refractivity (Wildman–Crippen MR) is 89.4 cm³/mol. The van der Waals surface area contributed by atoms with Crippen molar-refractivity contribution in [3.63, 3.8) is 0 Å². The van der Waals surface area contributed by atoms with Crippen LogP contribution in [0, 0.1) is 0 Å². The molecular weight excluding hydrogens is 306 g/mol. The van der Waals surface area contributed by atoms with Crippen molar-refractivity contribution in [3.05, 3.63) is 48.0 Å². The van der Waals surface area contributed by atoms with Gasteiger partial charge >= 0.3 is 6.03 Å². The molecule has 0 saturated carbocycles. The van der Waals surface area contributed by atoms with Crippen molar-refractivity contribution in [1.29, 1.82) is 0 Å². The third-order valence-electron chi connectivity index (χ3n) is 3.98. The Labute approximate surface area is 141 Å². The van der Waals surface area contributed by atoms with Crippen molar-refractivity contribution in [2.24, 2.45) is 0 Å². The summed E-state index contributed by atoms with van der Waals surface area (Å²) in [6.07, 6.45) is 3.38. The van der Waals surface area contributed by atoms with Crippen LogP contribution in [0.5, 0.6) is 0 Å². The van der Waals surface area contributed by atoms with Gasteiger partial charge < -0.3 is 15.0 Å². The molecule has 0 bridgehead atoms. The van der Waals surface area contributed by atoms with Crippen LogP contribution in [0.2, 0.25) is 0 Å². The first-order valence-electron chi connectivity index (χ1n) is 8.18. The van der Waals surface area contributed by atoms with Crippen LogP contribution in [-0.2, 0) is 17.8 Å². The standard InChI is InChI=1S/C17H23N5O2/c1-13-8-21(9-14(2)24-13)17(23)19-7-15-3-5-16(6-4-15)10-22-12-18-11-20-22/h3-6,11-14H,7-10H2,1-2H3,(H,19,23)/t13-,14-/m0/s1. The number of carbonyl (C=O) groups is 1. The highest BCUT2D eigenvalue weighted by Gasteiger charge is 2.25. The zero-order chi connectivity index (χ0) is 16.9. The minimum atomic E-state index is -0.0382. The first kappa shape index (κ1) is 16.4. The summed E-state index contributed by atoms with van der Waals surface area (Å²) < 4.78 is 7.43. The Morgan fingerprint density at radius 1 is 1.21 bits per heavy atom. The number of urea groups is 1. The summed E-state index contributed by atoms with van der Waals surface area (Å²) in [4.78, 5) is 18.0. The van der Waals surface area contributed by atoms with Crippen molar-refractivity contribution in [1.82, 2.24) is 25.0 Å². The maximum absolute atomic E-state index is 12.3. The van der Waals surface area contributed by atoms with Crippen molar-refractivity contribution < 1.29 is 9.53 Å². The molecule has 1 saturated heterocycles. The summed E-state index contributed by atoms with van der Waals surface area (Å²) in [5, 5.41) is 7.07. The lowest BCUT2D eigenvalue weighted by Gasteiger charge is -2.35. The smallest absolute Gasteiger partial charge is 0.317 e. The molecular formula is C17H23N5O2. The quantitative estimate of drug-likeness (QED) is 0.926. The fourth-order valence-electron chi connectivity index (χ4n) is 2.90. The zero-order valence-electron chi connectivity index (χ0n) is 14.1. The Balaban J connectivity index is 1.50. The van der Waals surface area contributed by atoms with Gasteiger partial charge in [-0.3, -0.25) is 0 Å². The van der Waals surface area contributed by atoms with Gasteiger partial charge in [0.2, 0.25) is 0 Å². The molecule has 1 aromatic carbocycles. The number of ether oxygens (including phenoxy) is 1. The van der Waals surface area contributed by atoms with Crippen LogP contribution in [0.4, 0.5) is 4.79 Å². The summed E-state index contributed by atoms with van der Waals surface area (Å²) in [6.45, 7) is 6.45. The molecule has 0 radical (unpaired) electrons. The van der Waals surface area contributed by atoms with E-state index in [1.54, 1.807) is 11.0 Å². The van der Waals surface area contributed by atoms with Gasteiger partial charge in [0, 0.05) is 19.6 Å². The first-order chi connectivity index (χ1) is 11.6. The van der Waals surface area contributed by atoms with Gasteiger partial charge in [-0.15, -0.1) is 0 Å². The van der Waals surface area contributed by atoms with Gasteiger partial charge in [-0.05, 0) is 25.0 Å². The van der Waals surface area contributed by atoms with Crippen LogP contribution in [0.1, 0.15) is 25.0 Å². The summed E-state index contributed by atoms with van der Waals surface area (Å²) in [5.74, 6) is 0. The van der Waals surface area contributed by atoms with E-state index in [9.17, 15) is 4.79 Å². The Morgan fingerprint density at radius 2 is 1.88 bits per heavy atom. The molecule has 2 aromatic rings. The number of morpholine rings is 1. The van der Waals surface area contributed by atoms with E-state index >= 15 is 0 Å². The van der Waals surface area contributed by atoms with E-state index < -0.39 is 0 Å².